The molecule has 4 aromatic heterocycles. The first-order valence-corrected chi connectivity index (χ1v) is 36.6. The van der Waals surface area contributed by atoms with Gasteiger partial charge in [0.15, 0.2) is 34.9 Å². The van der Waals surface area contributed by atoms with E-state index in [0.717, 1.165) is 155 Å². The van der Waals surface area contributed by atoms with Crippen molar-refractivity contribution in [3.8, 4) is 171 Å². The summed E-state index contributed by atoms with van der Waals surface area (Å²) in [5.74, 6) is 3.13. The van der Waals surface area contributed by atoms with E-state index >= 15 is 0 Å². The van der Waals surface area contributed by atoms with E-state index in [1.54, 1.807) is 0 Å². The van der Waals surface area contributed by atoms with Crippen LogP contribution in [0.15, 0.2) is 352 Å². The van der Waals surface area contributed by atoms with Gasteiger partial charge in [-0.3, -0.25) is 0 Å². The third kappa shape index (κ3) is 12.4. The van der Waals surface area contributed by atoms with Crippen molar-refractivity contribution in [2.45, 2.75) is 0 Å². The van der Waals surface area contributed by atoms with Crippen molar-refractivity contribution in [2.24, 2.45) is 0 Å². The molecular formula is C100H58N12. The molecule has 0 aliphatic heterocycles. The number of fused-ring (bicyclic) bond motifs is 6. The second-order valence-corrected chi connectivity index (χ2v) is 27.5. The Morgan fingerprint density at radius 3 is 0.652 bits per heavy atom. The Labute approximate surface area is 644 Å². The smallest absolute Gasteiger partial charge is 0.164 e. The first kappa shape index (κ1) is 66.6. The predicted octanol–water partition coefficient (Wildman–Crippen LogP) is 23.7. The summed E-state index contributed by atoms with van der Waals surface area (Å²) in [5.41, 5.74) is 24.3. The molecule has 0 aliphatic rings. The van der Waals surface area contributed by atoms with Gasteiger partial charge in [-0.25, -0.2) is 29.9 Å². The molecule has 0 N–H and O–H groups in total. The van der Waals surface area contributed by atoms with E-state index in [2.05, 4.69) is 167 Å². The summed E-state index contributed by atoms with van der Waals surface area (Å²) in [5, 5.41) is 43.5. The van der Waals surface area contributed by atoms with Crippen LogP contribution in [0, 0.1) is 45.3 Å². The molecule has 0 unspecified atom stereocenters. The minimum atomic E-state index is 0.492. The van der Waals surface area contributed by atoms with Crippen LogP contribution in [0.1, 0.15) is 22.3 Å². The third-order valence-electron chi connectivity index (χ3n) is 20.8. The van der Waals surface area contributed by atoms with Gasteiger partial charge < -0.3 is 9.13 Å². The highest BCUT2D eigenvalue weighted by Gasteiger charge is 2.25. The van der Waals surface area contributed by atoms with Gasteiger partial charge in [0, 0.05) is 66.1 Å². The molecule has 12 heteroatoms. The Morgan fingerprint density at radius 2 is 0.402 bits per heavy atom. The minimum Gasteiger partial charge on any atom is -0.309 e. The zero-order chi connectivity index (χ0) is 75.2. The number of rotatable bonds is 14. The number of nitrogens with zero attached hydrogens (tertiary/aromatic N) is 12. The summed E-state index contributed by atoms with van der Waals surface area (Å²) in [6.07, 6.45) is 0. The molecule has 0 aliphatic carbocycles. The topological polar surface area (TPSA) is 182 Å². The van der Waals surface area contributed by atoms with Gasteiger partial charge in [-0.2, -0.15) is 21.0 Å². The minimum absolute atomic E-state index is 0.492. The lowest BCUT2D eigenvalue weighted by Crippen LogP contribution is -2.02. The van der Waals surface area contributed by atoms with Gasteiger partial charge >= 0.3 is 0 Å². The van der Waals surface area contributed by atoms with Gasteiger partial charge in [-0.15, -0.1) is 0 Å². The molecule has 0 bridgehead atoms. The van der Waals surface area contributed by atoms with Crippen LogP contribution >= 0.6 is 0 Å². The highest BCUT2D eigenvalue weighted by atomic mass is 15.1. The standard InChI is InChI=1S/C100H58N12/c101-59-63-24-32-67(33-25-63)75-40-46-91-85(53-75)86-54-76(68-34-26-64(60-102)27-35-68)41-47-92(86)111(91)89-50-44-81(99-107-95(71-14-5-1-6-15-71)105-96(108-99)72-16-7-2-8-17-72)57-83(89)79-22-13-23-80(52-79)84-58-82(100-109-97(73-18-9-3-10-19-73)106-98(110-100)74-20-11-4-12-21-74)45-51-90(84)112-93-48-42-77(69-36-28-65(61-103)29-37-69)55-87(93)88-56-78(43-49-94(88)112)70-38-30-66(62-104)31-39-70/h1-58H. The van der Waals surface area contributed by atoms with Gasteiger partial charge in [0.05, 0.1) is 80.0 Å². The second-order valence-electron chi connectivity index (χ2n) is 27.5. The van der Waals surface area contributed by atoms with Crippen molar-refractivity contribution in [3.63, 3.8) is 0 Å². The number of hydrogen-bond acceptors (Lipinski definition) is 10. The van der Waals surface area contributed by atoms with E-state index in [0.29, 0.717) is 57.2 Å². The van der Waals surface area contributed by atoms with Crippen LogP contribution < -0.4 is 0 Å². The fourth-order valence-corrected chi connectivity index (χ4v) is 15.2. The maximum absolute atomic E-state index is 9.86. The Balaban J connectivity index is 0.875. The lowest BCUT2D eigenvalue weighted by atomic mass is 9.94. The number of nitriles is 4. The molecule has 0 spiro atoms. The maximum atomic E-state index is 9.86. The average Bonchev–Trinajstić information content (AvgIpc) is 1.57. The van der Waals surface area contributed by atoms with Crippen LogP contribution in [0.25, 0.3) is 190 Å². The van der Waals surface area contributed by atoms with Crippen LogP contribution in [0.2, 0.25) is 0 Å². The summed E-state index contributed by atoms with van der Waals surface area (Å²) in [7, 11) is 0. The normalized spacial score (nSPS) is 11.2. The lowest BCUT2D eigenvalue weighted by Gasteiger charge is -2.19. The highest BCUT2D eigenvalue weighted by molar-refractivity contribution is 6.14. The first-order chi connectivity index (χ1) is 55.3. The molecule has 0 atom stereocenters. The fraction of sp³-hybridized carbons (Fsp3) is 0. The highest BCUT2D eigenvalue weighted by Crippen LogP contribution is 2.46. The average molecular weight is 1430 g/mol. The van der Waals surface area contributed by atoms with Gasteiger partial charge in [-0.1, -0.05) is 212 Å². The molecule has 0 saturated carbocycles. The van der Waals surface area contributed by atoms with E-state index in [1.807, 2.05) is 218 Å². The number of hydrogen-bond donors (Lipinski definition) is 0. The van der Waals surface area contributed by atoms with Crippen molar-refractivity contribution in [3.05, 3.63) is 374 Å². The maximum Gasteiger partial charge on any atom is 0.164 e. The van der Waals surface area contributed by atoms with Crippen LogP contribution in [-0.2, 0) is 0 Å². The van der Waals surface area contributed by atoms with Crippen molar-refractivity contribution in [1.82, 2.24) is 39.0 Å². The van der Waals surface area contributed by atoms with E-state index < -0.39 is 0 Å². The van der Waals surface area contributed by atoms with Gasteiger partial charge in [0.1, 0.15) is 0 Å². The Kier molecular flexibility index (Phi) is 16.8. The molecule has 4 heterocycles. The van der Waals surface area contributed by atoms with E-state index in [-0.39, 0.29) is 0 Å². The van der Waals surface area contributed by atoms with Gasteiger partial charge in [0.25, 0.3) is 0 Å². The number of benzene rings is 15. The van der Waals surface area contributed by atoms with Crippen LogP contribution in [-0.4, -0.2) is 39.0 Å². The molecule has 19 rings (SSSR count). The number of aromatic nitrogens is 8. The quantitative estimate of drug-likeness (QED) is 0.102. The SMILES string of the molecule is N#Cc1ccc(-c2ccc3c(c2)c2cc(-c4ccc(C#N)cc4)ccc2n3-c2ccc(-c3nc(-c4ccccc4)nc(-c4ccccc4)n3)cc2-c2cccc(-c3cc(-c4nc(-c5ccccc5)nc(-c5ccccc5)n4)ccc3-n3c4ccc(-c5ccc(C#N)cc5)cc4c4cc(-c5ccc(C#N)cc5)ccc43)c2)cc1. The summed E-state index contributed by atoms with van der Waals surface area (Å²) in [6, 6.07) is 128. The van der Waals surface area contributed by atoms with Gasteiger partial charge in [-0.05, 0) is 195 Å². The molecule has 19 aromatic rings. The van der Waals surface area contributed by atoms with Crippen molar-refractivity contribution in [2.75, 3.05) is 0 Å². The molecule has 0 saturated heterocycles. The van der Waals surface area contributed by atoms with E-state index in [9.17, 15) is 21.0 Å². The molecule has 112 heavy (non-hydrogen) atoms. The van der Waals surface area contributed by atoms with Crippen LogP contribution in [0.5, 0.6) is 0 Å². The second kappa shape index (κ2) is 28.3. The van der Waals surface area contributed by atoms with E-state index in [4.69, 9.17) is 29.9 Å². The summed E-state index contributed by atoms with van der Waals surface area (Å²) in [6.45, 7) is 0. The molecule has 15 aromatic carbocycles. The van der Waals surface area contributed by atoms with Crippen molar-refractivity contribution in [1.29, 1.82) is 21.0 Å². The predicted molar refractivity (Wildman–Crippen MR) is 446 cm³/mol. The zero-order valence-electron chi connectivity index (χ0n) is 59.9. The fourth-order valence-electron chi connectivity index (χ4n) is 15.2. The monoisotopic (exact) mass is 1430 g/mol. The molecule has 0 fully saturated rings. The molecule has 518 valence electrons. The Hall–Kier alpha value is -16.1. The van der Waals surface area contributed by atoms with Crippen LogP contribution in [0.3, 0.4) is 0 Å². The summed E-state index contributed by atoms with van der Waals surface area (Å²) < 4.78 is 4.72. The summed E-state index contributed by atoms with van der Waals surface area (Å²) >= 11 is 0. The molecular weight excluding hydrogens is 1370 g/mol. The van der Waals surface area contributed by atoms with Crippen molar-refractivity contribution >= 4 is 43.6 Å². The molecule has 0 radical (unpaired) electrons. The largest absolute Gasteiger partial charge is 0.309 e. The Bertz CT molecular complexity index is 6340. The van der Waals surface area contributed by atoms with Crippen LogP contribution in [0.4, 0.5) is 0 Å². The van der Waals surface area contributed by atoms with Crippen molar-refractivity contribution < 1.29 is 0 Å². The molecule has 0 amide bonds. The zero-order valence-corrected chi connectivity index (χ0v) is 59.9. The summed E-state index contributed by atoms with van der Waals surface area (Å²) in [4.78, 5) is 31.5. The lowest BCUT2D eigenvalue weighted by molar-refractivity contribution is 1.07. The molecule has 12 nitrogen and oxygen atoms in total. The third-order valence-corrected chi connectivity index (χ3v) is 20.8. The Morgan fingerprint density at radius 1 is 0.179 bits per heavy atom. The van der Waals surface area contributed by atoms with E-state index in [1.165, 1.54) is 0 Å². The van der Waals surface area contributed by atoms with Gasteiger partial charge in [0.2, 0.25) is 0 Å². The first-order valence-electron chi connectivity index (χ1n) is 36.6.